The Hall–Kier alpha value is -3.51. The predicted molar refractivity (Wildman–Crippen MR) is 131 cm³/mol. The van der Waals surface area contributed by atoms with Crippen LogP contribution in [0.4, 0.5) is 5.69 Å². The zero-order chi connectivity index (χ0) is 22.5. The first-order valence-corrected chi connectivity index (χ1v) is 11.3. The minimum absolute atomic E-state index is 0.0982. The maximum Gasteiger partial charge on any atom is 0.237 e. The van der Waals surface area contributed by atoms with Crippen LogP contribution in [0.5, 0.6) is 0 Å². The monoisotopic (exact) mass is 440 g/mol. The average molecular weight is 441 g/mol. The quantitative estimate of drug-likeness (QED) is 0.376. The average Bonchev–Trinajstić information content (AvgIpc) is 2.82. The molecule has 1 atom stereocenters. The van der Waals surface area contributed by atoms with Gasteiger partial charge in [-0.1, -0.05) is 90.1 Å². The van der Waals surface area contributed by atoms with Crippen LogP contribution < -0.4 is 5.32 Å². The lowest BCUT2D eigenvalue weighted by molar-refractivity contribution is -0.115. The number of nitrogens with one attached hydrogen (secondary N) is 1. The second-order valence-electron chi connectivity index (χ2n) is 7.59. The lowest BCUT2D eigenvalue weighted by Crippen LogP contribution is -2.23. The molecule has 160 valence electrons. The predicted octanol–water partition coefficient (Wildman–Crippen LogP) is 5.94. The summed E-state index contributed by atoms with van der Waals surface area (Å²) in [7, 11) is 0. The van der Waals surface area contributed by atoms with Crippen LogP contribution in [0.2, 0.25) is 0 Å². The summed E-state index contributed by atoms with van der Waals surface area (Å²) < 4.78 is 0. The van der Waals surface area contributed by atoms with E-state index < -0.39 is 0 Å². The van der Waals surface area contributed by atoms with Gasteiger partial charge in [0.2, 0.25) is 11.1 Å². The van der Waals surface area contributed by atoms with Crippen molar-refractivity contribution in [1.82, 2.24) is 15.2 Å². The van der Waals surface area contributed by atoms with Gasteiger partial charge >= 0.3 is 0 Å². The summed E-state index contributed by atoms with van der Waals surface area (Å²) in [5.41, 5.74) is 6.38. The molecule has 0 saturated carbocycles. The van der Waals surface area contributed by atoms with Crippen LogP contribution in [0.3, 0.4) is 0 Å². The number of aromatic nitrogens is 3. The number of carbonyl (C=O) groups excluding carboxylic acids is 1. The minimum atomic E-state index is -0.385. The van der Waals surface area contributed by atoms with Gasteiger partial charge in [-0.25, -0.2) is 4.98 Å². The van der Waals surface area contributed by atoms with E-state index in [1.54, 1.807) is 0 Å². The molecule has 1 heterocycles. The smallest absolute Gasteiger partial charge is 0.237 e. The first-order valence-electron chi connectivity index (χ1n) is 10.4. The summed E-state index contributed by atoms with van der Waals surface area (Å²) >= 11 is 1.30. The molecule has 1 aromatic heterocycles. The van der Waals surface area contributed by atoms with Crippen molar-refractivity contribution < 1.29 is 4.79 Å². The highest BCUT2D eigenvalue weighted by molar-refractivity contribution is 8.00. The SMILES string of the molecule is Cc1ccc(NC(=O)[C@@H](C)Sc2nnc(-c3ccccc3)c(-c3ccccc3)n2)c(C)c1. The Morgan fingerprint density at radius 2 is 1.47 bits per heavy atom. The second-order valence-corrected chi connectivity index (χ2v) is 8.90. The van der Waals surface area contributed by atoms with Gasteiger partial charge in [0.1, 0.15) is 11.4 Å². The van der Waals surface area contributed by atoms with Gasteiger partial charge in [-0.05, 0) is 32.4 Å². The highest BCUT2D eigenvalue weighted by Gasteiger charge is 2.20. The summed E-state index contributed by atoms with van der Waals surface area (Å²) in [5, 5.41) is 11.9. The number of carbonyl (C=O) groups is 1. The van der Waals surface area contributed by atoms with Gasteiger partial charge in [-0.15, -0.1) is 10.2 Å². The number of amides is 1. The Kier molecular flexibility index (Phi) is 6.61. The third-order valence-electron chi connectivity index (χ3n) is 5.05. The van der Waals surface area contributed by atoms with E-state index in [2.05, 4.69) is 21.6 Å². The Bertz CT molecular complexity index is 1230. The molecule has 4 rings (SSSR count). The molecule has 6 heteroatoms. The van der Waals surface area contributed by atoms with Gasteiger partial charge in [-0.3, -0.25) is 4.79 Å². The number of nitrogens with zero attached hydrogens (tertiary/aromatic N) is 3. The Labute approximate surface area is 192 Å². The minimum Gasteiger partial charge on any atom is -0.325 e. The molecule has 0 fully saturated rings. The number of anilines is 1. The molecular weight excluding hydrogens is 416 g/mol. The van der Waals surface area contributed by atoms with Crippen LogP contribution >= 0.6 is 11.8 Å². The molecule has 1 amide bonds. The summed E-state index contributed by atoms with van der Waals surface area (Å²) in [6, 6.07) is 25.8. The van der Waals surface area contributed by atoms with Crippen molar-refractivity contribution >= 4 is 23.4 Å². The first-order chi connectivity index (χ1) is 15.5. The normalized spacial score (nSPS) is 11.7. The van der Waals surface area contributed by atoms with Crippen LogP contribution in [-0.2, 0) is 4.79 Å². The number of rotatable bonds is 6. The molecule has 0 aliphatic heterocycles. The van der Waals surface area contributed by atoms with Gasteiger partial charge in [0, 0.05) is 16.8 Å². The molecule has 0 bridgehead atoms. The zero-order valence-corrected chi connectivity index (χ0v) is 19.1. The van der Waals surface area contributed by atoms with E-state index in [0.717, 1.165) is 33.6 Å². The van der Waals surface area contributed by atoms with Gasteiger partial charge in [0.15, 0.2) is 0 Å². The number of aryl methyl sites for hydroxylation is 2. The lowest BCUT2D eigenvalue weighted by Gasteiger charge is -2.14. The van der Waals surface area contributed by atoms with Crippen LogP contribution in [0.15, 0.2) is 84.0 Å². The fourth-order valence-electron chi connectivity index (χ4n) is 3.35. The van der Waals surface area contributed by atoms with Crippen molar-refractivity contribution in [3.8, 4) is 22.5 Å². The summed E-state index contributed by atoms with van der Waals surface area (Å²) in [4.78, 5) is 17.6. The summed E-state index contributed by atoms with van der Waals surface area (Å²) in [5.74, 6) is -0.0982. The fraction of sp³-hybridized carbons (Fsp3) is 0.154. The number of hydrogen-bond donors (Lipinski definition) is 1. The highest BCUT2D eigenvalue weighted by atomic mass is 32.2. The van der Waals surface area contributed by atoms with E-state index in [0.29, 0.717) is 10.9 Å². The Balaban J connectivity index is 1.59. The van der Waals surface area contributed by atoms with Crippen molar-refractivity contribution in [3.63, 3.8) is 0 Å². The third-order valence-corrected chi connectivity index (χ3v) is 6.00. The van der Waals surface area contributed by atoms with Crippen LogP contribution in [0, 0.1) is 13.8 Å². The molecule has 0 spiro atoms. The molecule has 0 saturated heterocycles. The van der Waals surface area contributed by atoms with Crippen molar-refractivity contribution in [2.75, 3.05) is 5.32 Å². The van der Waals surface area contributed by atoms with E-state index in [1.165, 1.54) is 11.8 Å². The zero-order valence-electron chi connectivity index (χ0n) is 18.2. The van der Waals surface area contributed by atoms with E-state index in [4.69, 9.17) is 4.98 Å². The van der Waals surface area contributed by atoms with E-state index >= 15 is 0 Å². The van der Waals surface area contributed by atoms with Crippen molar-refractivity contribution in [2.24, 2.45) is 0 Å². The van der Waals surface area contributed by atoms with Crippen molar-refractivity contribution in [3.05, 3.63) is 90.0 Å². The molecule has 1 N–H and O–H groups in total. The molecule has 4 aromatic rings. The van der Waals surface area contributed by atoms with Crippen molar-refractivity contribution in [2.45, 2.75) is 31.2 Å². The third kappa shape index (κ3) is 5.03. The number of hydrogen-bond acceptors (Lipinski definition) is 5. The van der Waals surface area contributed by atoms with Crippen LogP contribution in [0.25, 0.3) is 22.5 Å². The van der Waals surface area contributed by atoms with E-state index in [1.807, 2.05) is 93.6 Å². The highest BCUT2D eigenvalue weighted by Crippen LogP contribution is 2.31. The molecule has 3 aromatic carbocycles. The lowest BCUT2D eigenvalue weighted by atomic mass is 10.0. The molecule has 0 radical (unpaired) electrons. The Morgan fingerprint density at radius 1 is 0.844 bits per heavy atom. The number of benzene rings is 3. The molecule has 32 heavy (non-hydrogen) atoms. The van der Waals surface area contributed by atoms with Crippen LogP contribution in [-0.4, -0.2) is 26.3 Å². The summed E-state index contributed by atoms with van der Waals surface area (Å²) in [6.45, 7) is 5.87. The number of thioether (sulfide) groups is 1. The maximum atomic E-state index is 12.8. The Morgan fingerprint density at radius 3 is 2.09 bits per heavy atom. The van der Waals surface area contributed by atoms with Crippen LogP contribution in [0.1, 0.15) is 18.1 Å². The van der Waals surface area contributed by atoms with Gasteiger partial charge in [-0.2, -0.15) is 0 Å². The van der Waals surface area contributed by atoms with E-state index in [9.17, 15) is 4.79 Å². The topological polar surface area (TPSA) is 67.8 Å². The fourth-order valence-corrected chi connectivity index (χ4v) is 4.06. The van der Waals surface area contributed by atoms with Gasteiger partial charge in [0.25, 0.3) is 0 Å². The first kappa shape index (κ1) is 21.7. The van der Waals surface area contributed by atoms with Crippen molar-refractivity contribution in [1.29, 1.82) is 0 Å². The molecule has 0 unspecified atom stereocenters. The standard InChI is InChI=1S/C26H24N4OS/c1-17-14-15-22(18(2)16-17)27-25(31)19(3)32-26-28-23(20-10-6-4-7-11-20)24(29-30-26)21-12-8-5-9-13-21/h4-16,19H,1-3H3,(H,27,31)/t19-/m1/s1. The van der Waals surface area contributed by atoms with Gasteiger partial charge < -0.3 is 5.32 Å². The molecule has 5 nitrogen and oxygen atoms in total. The maximum absolute atomic E-state index is 12.8. The molecular formula is C26H24N4OS. The van der Waals surface area contributed by atoms with Gasteiger partial charge in [0.05, 0.1) is 5.25 Å². The molecule has 0 aliphatic carbocycles. The largest absolute Gasteiger partial charge is 0.325 e. The van der Waals surface area contributed by atoms with E-state index in [-0.39, 0.29) is 11.2 Å². The molecule has 0 aliphatic rings. The second kappa shape index (κ2) is 9.75. The summed E-state index contributed by atoms with van der Waals surface area (Å²) in [6.07, 6.45) is 0.